The highest BCUT2D eigenvalue weighted by atomic mass is 16.5. The number of benzene rings is 2. The summed E-state index contributed by atoms with van der Waals surface area (Å²) in [5, 5.41) is 4.32. The molecule has 0 saturated carbocycles. The molecule has 0 bridgehead atoms. The van der Waals surface area contributed by atoms with Gasteiger partial charge in [0.05, 0.1) is 12.1 Å². The third-order valence-electron chi connectivity index (χ3n) is 5.72. The number of fused-ring (bicyclic) bond motifs is 1. The summed E-state index contributed by atoms with van der Waals surface area (Å²) in [6.07, 6.45) is 1.01. The van der Waals surface area contributed by atoms with Crippen LogP contribution in [-0.2, 0) is 11.3 Å². The number of carbonyl (C=O) groups excluding carboxylic acids is 1. The largest absolute Gasteiger partial charge is 0.460 e. The summed E-state index contributed by atoms with van der Waals surface area (Å²) in [6.45, 7) is 9.32. The van der Waals surface area contributed by atoms with Gasteiger partial charge in [-0.3, -0.25) is 4.90 Å². The maximum atomic E-state index is 12.1. The van der Waals surface area contributed by atoms with Gasteiger partial charge in [0, 0.05) is 44.7 Å². The monoisotopic (exact) mass is 433 g/mol. The van der Waals surface area contributed by atoms with Crippen LogP contribution in [0.1, 0.15) is 29.5 Å². The summed E-state index contributed by atoms with van der Waals surface area (Å²) in [7, 11) is 0. The number of piperazine rings is 1. The Balaban J connectivity index is 1.26. The first kappa shape index (κ1) is 22.2. The van der Waals surface area contributed by atoms with Crippen LogP contribution in [0.15, 0.2) is 54.6 Å². The number of hydrogen-bond acceptors (Lipinski definition) is 7. The van der Waals surface area contributed by atoms with Crippen molar-refractivity contribution in [3.8, 4) is 0 Å². The van der Waals surface area contributed by atoms with Crippen LogP contribution in [0, 0.1) is 0 Å². The first-order valence-corrected chi connectivity index (χ1v) is 11.4. The van der Waals surface area contributed by atoms with Crippen molar-refractivity contribution in [2.24, 2.45) is 0 Å². The third-order valence-corrected chi connectivity index (χ3v) is 5.72. The number of carbonyl (C=O) groups is 1. The lowest BCUT2D eigenvalue weighted by atomic mass is 10.2. The molecular formula is C25H31N5O2. The van der Waals surface area contributed by atoms with Crippen LogP contribution >= 0.6 is 0 Å². The van der Waals surface area contributed by atoms with Crippen LogP contribution in [0.5, 0.6) is 0 Å². The predicted octanol–water partition coefficient (Wildman–Crippen LogP) is 3.43. The molecule has 1 saturated heterocycles. The Bertz CT molecular complexity index is 1020. The van der Waals surface area contributed by atoms with E-state index in [2.05, 4.69) is 55.4 Å². The molecule has 2 aromatic carbocycles. The van der Waals surface area contributed by atoms with E-state index in [-0.39, 0.29) is 5.82 Å². The SMILES string of the molecule is CCOC(=O)c1nc(NCCCN2CCN(Cc3ccccc3)CC2)c2ccccc2n1. The Morgan fingerprint density at radius 3 is 2.47 bits per heavy atom. The van der Waals surface area contributed by atoms with Crippen molar-refractivity contribution < 1.29 is 9.53 Å². The molecule has 32 heavy (non-hydrogen) atoms. The van der Waals surface area contributed by atoms with Crippen molar-refractivity contribution in [3.63, 3.8) is 0 Å². The first-order valence-electron chi connectivity index (χ1n) is 11.4. The number of hydrogen-bond donors (Lipinski definition) is 1. The number of para-hydroxylation sites is 1. The smallest absolute Gasteiger partial charge is 0.376 e. The van der Waals surface area contributed by atoms with Gasteiger partial charge in [-0.25, -0.2) is 14.8 Å². The molecule has 0 unspecified atom stereocenters. The molecule has 0 amide bonds. The lowest BCUT2D eigenvalue weighted by Gasteiger charge is -2.34. The Morgan fingerprint density at radius 1 is 0.969 bits per heavy atom. The highest BCUT2D eigenvalue weighted by Crippen LogP contribution is 2.20. The fourth-order valence-electron chi connectivity index (χ4n) is 4.02. The zero-order valence-electron chi connectivity index (χ0n) is 18.7. The van der Waals surface area contributed by atoms with Gasteiger partial charge in [-0.05, 0) is 37.6 Å². The van der Waals surface area contributed by atoms with Crippen LogP contribution in [-0.4, -0.2) is 71.6 Å². The Labute approximate surface area is 189 Å². The Kier molecular flexibility index (Phi) is 7.64. The molecule has 1 aliphatic heterocycles. The molecule has 1 N–H and O–H groups in total. The van der Waals surface area contributed by atoms with E-state index >= 15 is 0 Å². The molecule has 1 aromatic heterocycles. The number of nitrogens with one attached hydrogen (secondary N) is 1. The lowest BCUT2D eigenvalue weighted by Crippen LogP contribution is -2.46. The van der Waals surface area contributed by atoms with Crippen LogP contribution in [0.25, 0.3) is 10.9 Å². The summed E-state index contributed by atoms with van der Waals surface area (Å²) in [5.74, 6) is 0.295. The van der Waals surface area contributed by atoms with E-state index in [9.17, 15) is 4.79 Å². The molecular weight excluding hydrogens is 402 g/mol. The van der Waals surface area contributed by atoms with Crippen molar-refractivity contribution in [3.05, 3.63) is 66.0 Å². The van der Waals surface area contributed by atoms with Crippen LogP contribution in [0.2, 0.25) is 0 Å². The second-order valence-electron chi connectivity index (χ2n) is 8.02. The number of rotatable bonds is 9. The maximum absolute atomic E-state index is 12.1. The van der Waals surface area contributed by atoms with Gasteiger partial charge in [0.2, 0.25) is 5.82 Å². The summed E-state index contributed by atoms with van der Waals surface area (Å²) >= 11 is 0. The number of aromatic nitrogens is 2. The van der Waals surface area contributed by atoms with E-state index in [0.29, 0.717) is 12.4 Å². The zero-order chi connectivity index (χ0) is 22.2. The highest BCUT2D eigenvalue weighted by Gasteiger charge is 2.17. The van der Waals surface area contributed by atoms with E-state index < -0.39 is 5.97 Å². The second-order valence-corrected chi connectivity index (χ2v) is 8.02. The zero-order valence-corrected chi connectivity index (χ0v) is 18.7. The van der Waals surface area contributed by atoms with Crippen LogP contribution < -0.4 is 5.32 Å². The van der Waals surface area contributed by atoms with E-state index in [0.717, 1.165) is 63.1 Å². The molecule has 7 nitrogen and oxygen atoms in total. The van der Waals surface area contributed by atoms with Crippen molar-refractivity contribution in [2.75, 3.05) is 51.2 Å². The molecule has 4 rings (SSSR count). The normalized spacial score (nSPS) is 15.0. The molecule has 1 aliphatic rings. The number of esters is 1. The van der Waals surface area contributed by atoms with E-state index in [1.54, 1.807) is 6.92 Å². The van der Waals surface area contributed by atoms with Crippen LogP contribution in [0.3, 0.4) is 0 Å². The fraction of sp³-hybridized carbons (Fsp3) is 0.400. The van der Waals surface area contributed by atoms with Crippen molar-refractivity contribution in [1.82, 2.24) is 19.8 Å². The van der Waals surface area contributed by atoms with Gasteiger partial charge >= 0.3 is 5.97 Å². The standard InChI is InChI=1S/C25H31N5O2/c1-2-32-25(31)24-27-22-12-7-6-11-21(22)23(28-24)26-13-8-14-29-15-17-30(18-16-29)19-20-9-4-3-5-10-20/h3-7,9-12H,2,8,13-19H2,1H3,(H,26,27,28). The minimum atomic E-state index is -0.491. The summed E-state index contributed by atoms with van der Waals surface area (Å²) in [5.41, 5.74) is 2.12. The number of anilines is 1. The molecule has 3 aromatic rings. The topological polar surface area (TPSA) is 70.6 Å². The van der Waals surface area contributed by atoms with Gasteiger partial charge in [0.1, 0.15) is 5.82 Å². The van der Waals surface area contributed by atoms with Crippen molar-refractivity contribution >= 4 is 22.7 Å². The molecule has 0 radical (unpaired) electrons. The van der Waals surface area contributed by atoms with E-state index in [1.165, 1.54) is 5.56 Å². The summed E-state index contributed by atoms with van der Waals surface area (Å²) < 4.78 is 5.08. The summed E-state index contributed by atoms with van der Waals surface area (Å²) in [4.78, 5) is 26.0. The van der Waals surface area contributed by atoms with Gasteiger partial charge < -0.3 is 15.0 Å². The van der Waals surface area contributed by atoms with Crippen LogP contribution in [0.4, 0.5) is 5.82 Å². The predicted molar refractivity (Wildman–Crippen MR) is 127 cm³/mol. The molecule has 1 fully saturated rings. The average molecular weight is 434 g/mol. The van der Waals surface area contributed by atoms with Gasteiger partial charge in [-0.1, -0.05) is 42.5 Å². The third kappa shape index (κ3) is 5.81. The van der Waals surface area contributed by atoms with Gasteiger partial charge in [0.15, 0.2) is 0 Å². The Hall–Kier alpha value is -3.03. The van der Waals surface area contributed by atoms with E-state index in [4.69, 9.17) is 4.74 Å². The molecule has 2 heterocycles. The first-order chi connectivity index (χ1) is 15.7. The minimum Gasteiger partial charge on any atom is -0.460 e. The number of ether oxygens (including phenoxy) is 1. The molecule has 0 atom stereocenters. The van der Waals surface area contributed by atoms with E-state index in [1.807, 2.05) is 24.3 Å². The quantitative estimate of drug-likeness (QED) is 0.409. The molecule has 168 valence electrons. The highest BCUT2D eigenvalue weighted by molar-refractivity contribution is 5.94. The molecule has 0 spiro atoms. The average Bonchev–Trinajstić information content (AvgIpc) is 2.83. The van der Waals surface area contributed by atoms with Gasteiger partial charge in [0.25, 0.3) is 0 Å². The fourth-order valence-corrected chi connectivity index (χ4v) is 4.02. The van der Waals surface area contributed by atoms with Gasteiger partial charge in [-0.15, -0.1) is 0 Å². The number of nitrogens with zero attached hydrogens (tertiary/aromatic N) is 4. The molecule has 0 aliphatic carbocycles. The second kappa shape index (κ2) is 11.0. The maximum Gasteiger partial charge on any atom is 0.376 e. The van der Waals surface area contributed by atoms with Crippen molar-refractivity contribution in [1.29, 1.82) is 0 Å². The molecule has 7 heteroatoms. The van der Waals surface area contributed by atoms with Gasteiger partial charge in [-0.2, -0.15) is 0 Å². The van der Waals surface area contributed by atoms with Crippen molar-refractivity contribution in [2.45, 2.75) is 19.9 Å². The Morgan fingerprint density at radius 2 is 1.69 bits per heavy atom. The lowest BCUT2D eigenvalue weighted by molar-refractivity contribution is 0.0512. The summed E-state index contributed by atoms with van der Waals surface area (Å²) in [6, 6.07) is 18.4. The minimum absolute atomic E-state index is 0.0996.